The van der Waals surface area contributed by atoms with Gasteiger partial charge in [-0.2, -0.15) is 0 Å². The summed E-state index contributed by atoms with van der Waals surface area (Å²) in [5.41, 5.74) is 0.616. The van der Waals surface area contributed by atoms with Gasteiger partial charge in [0.05, 0.1) is 30.5 Å². The molecule has 11 heteroatoms. The lowest BCUT2D eigenvalue weighted by atomic mass is 10.1. The fraction of sp³-hybridized carbons (Fsp3) is 0.130. The number of carbonyl (C=O) groups is 2. The van der Waals surface area contributed by atoms with Crippen molar-refractivity contribution >= 4 is 40.5 Å². The first kappa shape index (κ1) is 24.3. The number of ether oxygens (including phenoxy) is 3. The van der Waals surface area contributed by atoms with Gasteiger partial charge in [0.15, 0.2) is 11.5 Å². The fourth-order valence-electron chi connectivity index (χ4n) is 2.98. The van der Waals surface area contributed by atoms with E-state index in [0.717, 1.165) is 0 Å². The number of nitrogens with one attached hydrogen (secondary N) is 2. The number of amides is 2. The van der Waals surface area contributed by atoms with Crippen molar-refractivity contribution in [1.82, 2.24) is 0 Å². The average Bonchev–Trinajstić information content (AvgIpc) is 2.81. The first-order valence-corrected chi connectivity index (χ1v) is 10.2. The average molecular weight is 486 g/mol. The Labute approximate surface area is 199 Å². The lowest BCUT2D eigenvalue weighted by molar-refractivity contribution is -0.385. The second-order valence-electron chi connectivity index (χ2n) is 6.88. The molecule has 0 radical (unpaired) electrons. The quantitative estimate of drug-likeness (QED) is 0.328. The molecule has 2 amide bonds. The third-order valence-corrected chi connectivity index (χ3v) is 4.78. The molecule has 0 bridgehead atoms. The van der Waals surface area contributed by atoms with Gasteiger partial charge in [0.25, 0.3) is 5.91 Å². The smallest absolute Gasteiger partial charge is 0.313 e. The van der Waals surface area contributed by atoms with Gasteiger partial charge in [-0.15, -0.1) is 0 Å². The summed E-state index contributed by atoms with van der Waals surface area (Å²) in [5.74, 6) is -0.0340. The van der Waals surface area contributed by atoms with Crippen molar-refractivity contribution in [2.45, 2.75) is 6.92 Å². The van der Waals surface area contributed by atoms with Gasteiger partial charge in [-0.1, -0.05) is 11.6 Å². The minimum atomic E-state index is -0.615. The third kappa shape index (κ3) is 5.73. The Morgan fingerprint density at radius 1 is 0.882 bits per heavy atom. The lowest BCUT2D eigenvalue weighted by Crippen LogP contribution is -2.15. The van der Waals surface area contributed by atoms with Gasteiger partial charge in [0.1, 0.15) is 5.75 Å². The number of rotatable bonds is 8. The van der Waals surface area contributed by atoms with E-state index in [1.54, 1.807) is 18.2 Å². The van der Waals surface area contributed by atoms with Gasteiger partial charge in [-0.25, -0.2) is 0 Å². The molecule has 0 aromatic heterocycles. The first-order chi connectivity index (χ1) is 16.2. The first-order valence-electron chi connectivity index (χ1n) is 9.78. The molecule has 3 aromatic carbocycles. The Morgan fingerprint density at radius 3 is 2.26 bits per heavy atom. The van der Waals surface area contributed by atoms with Crippen LogP contribution in [0, 0.1) is 10.1 Å². The number of nitro groups is 1. The van der Waals surface area contributed by atoms with Crippen LogP contribution in [-0.4, -0.2) is 31.0 Å². The van der Waals surface area contributed by atoms with E-state index in [9.17, 15) is 19.7 Å². The Hall–Kier alpha value is -4.31. The monoisotopic (exact) mass is 485 g/mol. The lowest BCUT2D eigenvalue weighted by Gasteiger charge is -2.14. The number of benzene rings is 3. The number of nitrogens with zero attached hydrogens (tertiary/aromatic N) is 1. The predicted molar refractivity (Wildman–Crippen MR) is 126 cm³/mol. The van der Waals surface area contributed by atoms with Crippen LogP contribution in [0.3, 0.4) is 0 Å². The topological polar surface area (TPSA) is 129 Å². The molecular formula is C23H20ClN3O7. The highest BCUT2D eigenvalue weighted by Crippen LogP contribution is 2.38. The number of halogens is 1. The Kier molecular flexibility index (Phi) is 7.54. The van der Waals surface area contributed by atoms with Crippen molar-refractivity contribution in [3.05, 3.63) is 75.3 Å². The van der Waals surface area contributed by atoms with Gasteiger partial charge >= 0.3 is 5.69 Å². The zero-order valence-electron chi connectivity index (χ0n) is 18.4. The molecule has 0 aliphatic carbocycles. The van der Waals surface area contributed by atoms with Gasteiger partial charge in [0.2, 0.25) is 11.7 Å². The van der Waals surface area contributed by atoms with E-state index in [-0.39, 0.29) is 39.4 Å². The Bertz CT molecular complexity index is 1260. The highest BCUT2D eigenvalue weighted by atomic mass is 35.5. The molecule has 0 spiro atoms. The van der Waals surface area contributed by atoms with E-state index < -0.39 is 10.8 Å². The van der Waals surface area contributed by atoms with Crippen LogP contribution in [0.25, 0.3) is 0 Å². The molecule has 0 aliphatic rings. The molecule has 0 saturated heterocycles. The maximum Gasteiger partial charge on any atom is 0.313 e. The van der Waals surface area contributed by atoms with Gasteiger partial charge in [0, 0.05) is 29.6 Å². The van der Waals surface area contributed by atoms with Crippen molar-refractivity contribution in [1.29, 1.82) is 0 Å². The molecule has 10 nitrogen and oxygen atoms in total. The van der Waals surface area contributed by atoms with Crippen LogP contribution in [0.4, 0.5) is 17.1 Å². The molecule has 0 unspecified atom stereocenters. The maximum absolute atomic E-state index is 12.9. The predicted octanol–water partition coefficient (Wildman–Crippen LogP) is 5.27. The largest absolute Gasteiger partial charge is 0.497 e. The van der Waals surface area contributed by atoms with Crippen molar-refractivity contribution < 1.29 is 28.7 Å². The molecule has 34 heavy (non-hydrogen) atoms. The molecule has 0 aliphatic heterocycles. The molecule has 3 aromatic rings. The molecule has 0 atom stereocenters. The standard InChI is InChI=1S/C23H20ClN3O7/c1-13(28)25-17-7-6-16(32-2)12-18(17)26-23(29)14-4-8-21(22(10-14)33-3)34-20-9-5-15(24)11-19(20)27(30)31/h4-12H,1-3H3,(H,25,28)(H,26,29). The van der Waals surface area contributed by atoms with Gasteiger partial charge < -0.3 is 24.8 Å². The van der Waals surface area contributed by atoms with E-state index in [4.69, 9.17) is 25.8 Å². The number of nitro benzene ring substituents is 1. The molecule has 2 N–H and O–H groups in total. The van der Waals surface area contributed by atoms with E-state index in [1.165, 1.54) is 57.5 Å². The number of hydrogen-bond donors (Lipinski definition) is 2. The summed E-state index contributed by atoms with van der Waals surface area (Å²) in [7, 11) is 2.85. The SMILES string of the molecule is COc1ccc(NC(C)=O)c(NC(=O)c2ccc(Oc3ccc(Cl)cc3[N+](=O)[O-])c(OC)c2)c1. The fourth-order valence-corrected chi connectivity index (χ4v) is 3.14. The number of carbonyl (C=O) groups excluding carboxylic acids is 2. The van der Waals surface area contributed by atoms with Crippen LogP contribution < -0.4 is 24.8 Å². The van der Waals surface area contributed by atoms with E-state index in [2.05, 4.69) is 10.6 Å². The summed E-state index contributed by atoms with van der Waals surface area (Å²) in [5, 5.41) is 16.9. The number of hydrogen-bond acceptors (Lipinski definition) is 7. The zero-order valence-corrected chi connectivity index (χ0v) is 19.1. The summed E-state index contributed by atoms with van der Waals surface area (Å²) in [6.07, 6.45) is 0. The number of methoxy groups -OCH3 is 2. The van der Waals surface area contributed by atoms with Crippen LogP contribution >= 0.6 is 11.6 Å². The zero-order chi connectivity index (χ0) is 24.8. The van der Waals surface area contributed by atoms with Crippen LogP contribution in [0.1, 0.15) is 17.3 Å². The van der Waals surface area contributed by atoms with E-state index in [1.807, 2.05) is 0 Å². The third-order valence-electron chi connectivity index (χ3n) is 4.55. The Morgan fingerprint density at radius 2 is 1.62 bits per heavy atom. The van der Waals surface area contributed by atoms with Crippen molar-refractivity contribution in [2.24, 2.45) is 0 Å². The molecule has 3 rings (SSSR count). The van der Waals surface area contributed by atoms with Crippen LogP contribution in [-0.2, 0) is 4.79 Å². The van der Waals surface area contributed by atoms with Crippen molar-refractivity contribution in [3.8, 4) is 23.0 Å². The maximum atomic E-state index is 12.9. The summed E-state index contributed by atoms with van der Waals surface area (Å²) in [4.78, 5) is 35.1. The highest BCUT2D eigenvalue weighted by Gasteiger charge is 2.19. The molecule has 0 saturated carbocycles. The molecule has 0 heterocycles. The van der Waals surface area contributed by atoms with Crippen molar-refractivity contribution in [2.75, 3.05) is 24.9 Å². The minimum Gasteiger partial charge on any atom is -0.497 e. The van der Waals surface area contributed by atoms with Gasteiger partial charge in [-0.3, -0.25) is 19.7 Å². The summed E-state index contributed by atoms with van der Waals surface area (Å²) >= 11 is 5.84. The summed E-state index contributed by atoms with van der Waals surface area (Å²) < 4.78 is 16.2. The van der Waals surface area contributed by atoms with Crippen molar-refractivity contribution in [3.63, 3.8) is 0 Å². The molecular weight excluding hydrogens is 466 g/mol. The summed E-state index contributed by atoms with van der Waals surface area (Å²) in [6, 6.07) is 13.2. The van der Waals surface area contributed by atoms with Crippen LogP contribution in [0.2, 0.25) is 5.02 Å². The second-order valence-corrected chi connectivity index (χ2v) is 7.32. The summed E-state index contributed by atoms with van der Waals surface area (Å²) in [6.45, 7) is 1.35. The second kappa shape index (κ2) is 10.5. The highest BCUT2D eigenvalue weighted by molar-refractivity contribution is 6.30. The van der Waals surface area contributed by atoms with Gasteiger partial charge in [-0.05, 0) is 42.5 Å². The van der Waals surface area contributed by atoms with E-state index >= 15 is 0 Å². The van der Waals surface area contributed by atoms with Crippen LogP contribution in [0.5, 0.6) is 23.0 Å². The Balaban J connectivity index is 1.89. The minimum absolute atomic E-state index is 0.0405. The molecule has 176 valence electrons. The normalized spacial score (nSPS) is 10.2. The van der Waals surface area contributed by atoms with Crippen LogP contribution in [0.15, 0.2) is 54.6 Å². The van der Waals surface area contributed by atoms with E-state index in [0.29, 0.717) is 17.1 Å². The number of anilines is 2. The molecule has 0 fully saturated rings.